The fourth-order valence-corrected chi connectivity index (χ4v) is 4.56. The number of benzene rings is 2. The van der Waals surface area contributed by atoms with Crippen LogP contribution in [0, 0.1) is 0 Å². The van der Waals surface area contributed by atoms with Crippen molar-refractivity contribution in [3.8, 4) is 0 Å². The highest BCUT2D eigenvalue weighted by molar-refractivity contribution is 5.97. The Balaban J connectivity index is 1.39. The lowest BCUT2D eigenvalue weighted by atomic mass is 10.1. The molecule has 2 aliphatic rings. The monoisotopic (exact) mass is 444 g/mol. The van der Waals surface area contributed by atoms with E-state index in [-0.39, 0.29) is 18.4 Å². The summed E-state index contributed by atoms with van der Waals surface area (Å²) in [7, 11) is 0. The fraction of sp³-hybridized carbons (Fsp3) is 0.360. The third kappa shape index (κ3) is 4.46. The smallest absolute Gasteiger partial charge is 0.291 e. The molecule has 1 aromatic heterocycles. The summed E-state index contributed by atoms with van der Waals surface area (Å²) in [5, 5.41) is 8.70. The highest BCUT2D eigenvalue weighted by Crippen LogP contribution is 2.22. The second-order valence-electron chi connectivity index (χ2n) is 8.51. The Morgan fingerprint density at radius 2 is 1.55 bits per heavy atom. The van der Waals surface area contributed by atoms with E-state index >= 15 is 0 Å². The van der Waals surface area contributed by atoms with Crippen molar-refractivity contribution in [3.05, 3.63) is 72.1 Å². The van der Waals surface area contributed by atoms with Crippen LogP contribution in [0.1, 0.15) is 29.0 Å². The van der Waals surface area contributed by atoms with Gasteiger partial charge >= 0.3 is 0 Å². The second-order valence-corrected chi connectivity index (χ2v) is 8.51. The molecule has 0 radical (unpaired) electrons. The van der Waals surface area contributed by atoms with Crippen LogP contribution in [-0.4, -0.2) is 64.2 Å². The minimum atomic E-state index is -0.0754. The van der Waals surface area contributed by atoms with E-state index in [1.807, 2.05) is 62.9 Å². The molecule has 8 heteroatoms. The minimum Gasteiger partial charge on any atom is -0.336 e. The SMILES string of the molecule is O=C(c1nnc(N2CCN(c3ccccc3)C(=O)C2)n1CCc1ccccc1)N1CCCC1. The summed E-state index contributed by atoms with van der Waals surface area (Å²) in [6.07, 6.45) is 2.80. The summed E-state index contributed by atoms with van der Waals surface area (Å²) in [6, 6.07) is 19.9. The fourth-order valence-electron chi connectivity index (χ4n) is 4.56. The standard InChI is InChI=1S/C25H28N6O2/c32-22-19-29(17-18-30(22)21-11-5-2-6-12-21)25-27-26-23(24(33)28-14-7-8-15-28)31(25)16-13-20-9-3-1-4-10-20/h1-6,9-12H,7-8,13-19H2. The molecule has 2 aromatic carbocycles. The zero-order chi connectivity index (χ0) is 22.6. The zero-order valence-corrected chi connectivity index (χ0v) is 18.6. The van der Waals surface area contributed by atoms with Gasteiger partial charge in [0.2, 0.25) is 17.7 Å². The lowest BCUT2D eigenvalue weighted by Gasteiger charge is -2.34. The van der Waals surface area contributed by atoms with Crippen molar-refractivity contribution in [1.82, 2.24) is 19.7 Å². The molecule has 0 saturated carbocycles. The van der Waals surface area contributed by atoms with E-state index in [0.29, 0.717) is 31.4 Å². The van der Waals surface area contributed by atoms with Gasteiger partial charge in [-0.3, -0.25) is 14.2 Å². The van der Waals surface area contributed by atoms with Crippen molar-refractivity contribution in [2.75, 3.05) is 42.5 Å². The number of anilines is 2. The molecule has 3 heterocycles. The number of likely N-dealkylation sites (tertiary alicyclic amines) is 1. The van der Waals surface area contributed by atoms with Crippen LogP contribution >= 0.6 is 0 Å². The second kappa shape index (κ2) is 9.44. The van der Waals surface area contributed by atoms with Crippen molar-refractivity contribution < 1.29 is 9.59 Å². The maximum absolute atomic E-state index is 13.2. The van der Waals surface area contributed by atoms with E-state index in [9.17, 15) is 9.59 Å². The molecule has 33 heavy (non-hydrogen) atoms. The van der Waals surface area contributed by atoms with Crippen LogP contribution in [0.25, 0.3) is 0 Å². The predicted molar refractivity (Wildman–Crippen MR) is 126 cm³/mol. The van der Waals surface area contributed by atoms with Crippen LogP contribution in [0.3, 0.4) is 0 Å². The molecule has 3 aromatic rings. The number of para-hydroxylation sites is 1. The maximum Gasteiger partial charge on any atom is 0.291 e. The van der Waals surface area contributed by atoms with Gasteiger partial charge in [-0.05, 0) is 37.0 Å². The number of carbonyl (C=O) groups is 2. The number of hydrogen-bond donors (Lipinski definition) is 0. The van der Waals surface area contributed by atoms with Crippen LogP contribution < -0.4 is 9.80 Å². The van der Waals surface area contributed by atoms with E-state index < -0.39 is 0 Å². The third-order valence-electron chi connectivity index (χ3n) is 6.35. The van der Waals surface area contributed by atoms with Gasteiger partial charge in [-0.25, -0.2) is 0 Å². The minimum absolute atomic E-state index is 0.0116. The van der Waals surface area contributed by atoms with Gasteiger partial charge in [0.1, 0.15) is 6.54 Å². The molecule has 0 unspecified atom stereocenters. The van der Waals surface area contributed by atoms with Gasteiger partial charge in [0.15, 0.2) is 0 Å². The van der Waals surface area contributed by atoms with Crippen LogP contribution in [0.15, 0.2) is 60.7 Å². The van der Waals surface area contributed by atoms with Crippen molar-refractivity contribution in [1.29, 1.82) is 0 Å². The van der Waals surface area contributed by atoms with Gasteiger partial charge in [0.25, 0.3) is 5.91 Å². The van der Waals surface area contributed by atoms with E-state index in [1.165, 1.54) is 5.56 Å². The maximum atomic E-state index is 13.2. The van der Waals surface area contributed by atoms with E-state index in [2.05, 4.69) is 22.3 Å². The first-order chi connectivity index (χ1) is 16.2. The lowest BCUT2D eigenvalue weighted by Crippen LogP contribution is -2.51. The molecule has 0 aliphatic carbocycles. The first-order valence-corrected chi connectivity index (χ1v) is 11.6. The Morgan fingerprint density at radius 1 is 0.848 bits per heavy atom. The van der Waals surface area contributed by atoms with Crippen LogP contribution in [0.4, 0.5) is 11.6 Å². The molecule has 5 rings (SSSR count). The van der Waals surface area contributed by atoms with Crippen molar-refractivity contribution in [3.63, 3.8) is 0 Å². The van der Waals surface area contributed by atoms with Crippen molar-refractivity contribution >= 4 is 23.5 Å². The Bertz CT molecular complexity index is 1110. The molecule has 8 nitrogen and oxygen atoms in total. The van der Waals surface area contributed by atoms with Crippen LogP contribution in [0.2, 0.25) is 0 Å². The van der Waals surface area contributed by atoms with Gasteiger partial charge in [-0.2, -0.15) is 0 Å². The summed E-state index contributed by atoms with van der Waals surface area (Å²) in [5.74, 6) is 0.890. The molecule has 2 aliphatic heterocycles. The van der Waals surface area contributed by atoms with Crippen molar-refractivity contribution in [2.45, 2.75) is 25.8 Å². The molecule has 0 N–H and O–H groups in total. The molecule has 0 atom stereocenters. The highest BCUT2D eigenvalue weighted by atomic mass is 16.2. The number of nitrogens with zero attached hydrogens (tertiary/aromatic N) is 6. The number of aryl methyl sites for hydroxylation is 1. The number of amides is 2. The average molecular weight is 445 g/mol. The number of piperazine rings is 1. The third-order valence-corrected chi connectivity index (χ3v) is 6.35. The topological polar surface area (TPSA) is 74.6 Å². The Kier molecular flexibility index (Phi) is 6.06. The lowest BCUT2D eigenvalue weighted by molar-refractivity contribution is -0.117. The van der Waals surface area contributed by atoms with E-state index in [0.717, 1.165) is 38.0 Å². The molecule has 2 amide bonds. The molecule has 0 spiro atoms. The largest absolute Gasteiger partial charge is 0.336 e. The summed E-state index contributed by atoms with van der Waals surface area (Å²) < 4.78 is 1.90. The van der Waals surface area contributed by atoms with E-state index in [4.69, 9.17) is 0 Å². The van der Waals surface area contributed by atoms with Crippen molar-refractivity contribution in [2.24, 2.45) is 0 Å². The Labute approximate surface area is 193 Å². The van der Waals surface area contributed by atoms with Gasteiger partial charge in [0, 0.05) is 38.4 Å². The van der Waals surface area contributed by atoms with Crippen LogP contribution in [-0.2, 0) is 17.8 Å². The first-order valence-electron chi connectivity index (χ1n) is 11.6. The highest BCUT2D eigenvalue weighted by Gasteiger charge is 2.31. The average Bonchev–Trinajstić information content (AvgIpc) is 3.54. The Morgan fingerprint density at radius 3 is 2.24 bits per heavy atom. The summed E-state index contributed by atoms with van der Waals surface area (Å²) in [4.78, 5) is 31.8. The van der Waals surface area contributed by atoms with Crippen LogP contribution in [0.5, 0.6) is 0 Å². The summed E-state index contributed by atoms with van der Waals surface area (Å²) >= 11 is 0. The molecular weight excluding hydrogens is 416 g/mol. The Hall–Kier alpha value is -3.68. The van der Waals surface area contributed by atoms with Gasteiger partial charge < -0.3 is 14.7 Å². The number of rotatable bonds is 6. The molecule has 0 bridgehead atoms. The summed E-state index contributed by atoms with van der Waals surface area (Å²) in [5.41, 5.74) is 2.08. The van der Waals surface area contributed by atoms with Gasteiger partial charge in [-0.1, -0.05) is 48.5 Å². The summed E-state index contributed by atoms with van der Waals surface area (Å²) in [6.45, 7) is 3.48. The zero-order valence-electron chi connectivity index (χ0n) is 18.6. The molecular formula is C25H28N6O2. The number of aromatic nitrogens is 3. The van der Waals surface area contributed by atoms with Gasteiger partial charge in [0.05, 0.1) is 0 Å². The molecule has 170 valence electrons. The number of hydrogen-bond acceptors (Lipinski definition) is 5. The normalized spacial score (nSPS) is 16.5. The predicted octanol–water partition coefficient (Wildman–Crippen LogP) is 2.61. The first kappa shape index (κ1) is 21.2. The molecule has 2 fully saturated rings. The van der Waals surface area contributed by atoms with Gasteiger partial charge in [-0.15, -0.1) is 10.2 Å². The quantitative estimate of drug-likeness (QED) is 0.584. The number of carbonyl (C=O) groups excluding carboxylic acids is 2. The molecule has 2 saturated heterocycles. The van der Waals surface area contributed by atoms with E-state index in [1.54, 1.807) is 4.90 Å².